The summed E-state index contributed by atoms with van der Waals surface area (Å²) in [6.45, 7) is 2.26. The normalized spacial score (nSPS) is 12.9. The van der Waals surface area contributed by atoms with Crippen LogP contribution in [0.15, 0.2) is 53.6 Å². The molecule has 4 N–H and O–H groups in total. The maximum Gasteiger partial charge on any atom is 0.244 e. The fraction of sp³-hybridized carbons (Fsp3) is 0.214. The molecule has 1 heterocycles. The molecule has 7 heteroatoms. The van der Waals surface area contributed by atoms with E-state index in [0.29, 0.717) is 6.54 Å². The molecule has 112 valence electrons. The first-order valence-electron chi connectivity index (χ1n) is 6.51. The van der Waals surface area contributed by atoms with E-state index in [9.17, 15) is 8.42 Å². The Morgan fingerprint density at radius 3 is 2.57 bits per heavy atom. The second kappa shape index (κ2) is 6.66. The van der Waals surface area contributed by atoms with E-state index in [1.54, 1.807) is 6.07 Å². The van der Waals surface area contributed by atoms with Crippen LogP contribution in [0.1, 0.15) is 18.4 Å². The van der Waals surface area contributed by atoms with E-state index in [2.05, 4.69) is 15.1 Å². The van der Waals surface area contributed by atoms with E-state index in [-0.39, 0.29) is 16.6 Å². The van der Waals surface area contributed by atoms with E-state index in [1.165, 1.54) is 12.3 Å². The predicted octanol–water partition coefficient (Wildman–Crippen LogP) is 1.45. The molecule has 0 saturated carbocycles. The highest BCUT2D eigenvalue weighted by atomic mass is 32.2. The number of rotatable bonds is 6. The average molecular weight is 306 g/mol. The fourth-order valence-corrected chi connectivity index (χ4v) is 3.18. The Morgan fingerprint density at radius 1 is 1.19 bits per heavy atom. The van der Waals surface area contributed by atoms with Crippen molar-refractivity contribution in [1.82, 2.24) is 9.71 Å². The maximum absolute atomic E-state index is 12.3. The van der Waals surface area contributed by atoms with Gasteiger partial charge >= 0.3 is 0 Å². The van der Waals surface area contributed by atoms with Gasteiger partial charge in [0.1, 0.15) is 4.90 Å². The minimum Gasteiger partial charge on any atom is -0.307 e. The molecule has 1 aromatic heterocycles. The third kappa shape index (κ3) is 3.78. The summed E-state index contributed by atoms with van der Waals surface area (Å²) < 4.78 is 27.2. The van der Waals surface area contributed by atoms with E-state index in [0.717, 1.165) is 5.56 Å². The van der Waals surface area contributed by atoms with Crippen LogP contribution in [0.2, 0.25) is 0 Å². The van der Waals surface area contributed by atoms with Crippen LogP contribution in [-0.4, -0.2) is 19.9 Å². The van der Waals surface area contributed by atoms with Gasteiger partial charge in [0.25, 0.3) is 0 Å². The predicted molar refractivity (Wildman–Crippen MR) is 82.1 cm³/mol. The van der Waals surface area contributed by atoms with Crippen LogP contribution in [0.5, 0.6) is 0 Å². The van der Waals surface area contributed by atoms with Gasteiger partial charge in [-0.1, -0.05) is 37.3 Å². The van der Waals surface area contributed by atoms with Gasteiger partial charge in [-0.25, -0.2) is 24.0 Å². The van der Waals surface area contributed by atoms with E-state index >= 15 is 0 Å². The van der Waals surface area contributed by atoms with Gasteiger partial charge in [0, 0.05) is 12.7 Å². The summed E-state index contributed by atoms with van der Waals surface area (Å²) in [7, 11) is -3.66. The Morgan fingerprint density at radius 2 is 1.90 bits per heavy atom. The number of sulfonamides is 1. The van der Waals surface area contributed by atoms with E-state index in [1.807, 2.05) is 37.3 Å². The number of anilines is 1. The van der Waals surface area contributed by atoms with Crippen LogP contribution < -0.4 is 16.0 Å². The van der Waals surface area contributed by atoms with Crippen molar-refractivity contribution in [3.63, 3.8) is 0 Å². The van der Waals surface area contributed by atoms with Crippen molar-refractivity contribution in [2.24, 2.45) is 5.84 Å². The zero-order valence-electron chi connectivity index (χ0n) is 11.7. The molecular weight excluding hydrogens is 288 g/mol. The van der Waals surface area contributed by atoms with Gasteiger partial charge in [0.05, 0.1) is 0 Å². The lowest BCUT2D eigenvalue weighted by Gasteiger charge is -2.14. The minimum absolute atomic E-state index is 0.0350. The van der Waals surface area contributed by atoms with Crippen LogP contribution in [0.25, 0.3) is 0 Å². The molecule has 0 spiro atoms. The standard InChI is InChI=1S/C14H18N4O2S/c1-11(12-6-3-2-4-7-12)10-17-21(19,20)13-8-5-9-16-14(13)18-15/h2-9,11,17H,10,15H2,1H3,(H,16,18). The van der Waals surface area contributed by atoms with Crippen molar-refractivity contribution in [2.75, 3.05) is 12.0 Å². The first-order valence-corrected chi connectivity index (χ1v) is 7.99. The zero-order valence-corrected chi connectivity index (χ0v) is 12.5. The summed E-state index contributed by atoms with van der Waals surface area (Å²) in [6, 6.07) is 12.7. The van der Waals surface area contributed by atoms with Gasteiger partial charge in [-0.3, -0.25) is 0 Å². The number of hydrazine groups is 1. The Labute approximate surface area is 124 Å². The molecule has 0 aliphatic heterocycles. The Balaban J connectivity index is 2.12. The lowest BCUT2D eigenvalue weighted by Crippen LogP contribution is -2.29. The number of hydrogen-bond acceptors (Lipinski definition) is 5. The quantitative estimate of drug-likeness (QED) is 0.554. The van der Waals surface area contributed by atoms with Gasteiger partial charge in [-0.2, -0.15) is 0 Å². The average Bonchev–Trinajstić information content (AvgIpc) is 2.53. The zero-order chi connectivity index (χ0) is 15.3. The third-order valence-electron chi connectivity index (χ3n) is 3.15. The minimum atomic E-state index is -3.66. The summed E-state index contributed by atoms with van der Waals surface area (Å²) >= 11 is 0. The highest BCUT2D eigenvalue weighted by Crippen LogP contribution is 2.18. The molecule has 0 saturated heterocycles. The molecule has 1 unspecified atom stereocenters. The summed E-state index contributed by atoms with van der Waals surface area (Å²) in [5.41, 5.74) is 3.36. The summed E-state index contributed by atoms with van der Waals surface area (Å²) in [5, 5.41) is 0. The number of nitrogens with two attached hydrogens (primary N) is 1. The van der Waals surface area contributed by atoms with E-state index < -0.39 is 10.0 Å². The van der Waals surface area contributed by atoms with Gasteiger partial charge in [0.2, 0.25) is 10.0 Å². The van der Waals surface area contributed by atoms with Crippen molar-refractivity contribution in [1.29, 1.82) is 0 Å². The van der Waals surface area contributed by atoms with Crippen molar-refractivity contribution in [3.8, 4) is 0 Å². The summed E-state index contributed by atoms with van der Waals surface area (Å²) in [6.07, 6.45) is 1.47. The maximum atomic E-state index is 12.3. The second-order valence-corrected chi connectivity index (χ2v) is 6.39. The number of nitrogens with one attached hydrogen (secondary N) is 2. The molecule has 0 aliphatic rings. The number of pyridine rings is 1. The largest absolute Gasteiger partial charge is 0.307 e. The molecule has 0 fully saturated rings. The molecule has 2 aromatic rings. The van der Waals surface area contributed by atoms with Gasteiger partial charge in [0.15, 0.2) is 5.82 Å². The molecular formula is C14H18N4O2S. The van der Waals surface area contributed by atoms with Gasteiger partial charge in [-0.15, -0.1) is 0 Å². The molecule has 0 aliphatic carbocycles. The molecule has 2 rings (SSSR count). The topological polar surface area (TPSA) is 97.1 Å². The number of nitrogen functional groups attached to an aromatic ring is 1. The monoisotopic (exact) mass is 306 g/mol. The highest BCUT2D eigenvalue weighted by molar-refractivity contribution is 7.89. The molecule has 0 radical (unpaired) electrons. The van der Waals surface area contributed by atoms with Crippen molar-refractivity contribution >= 4 is 15.8 Å². The molecule has 21 heavy (non-hydrogen) atoms. The highest BCUT2D eigenvalue weighted by Gasteiger charge is 2.19. The molecule has 6 nitrogen and oxygen atoms in total. The number of benzene rings is 1. The van der Waals surface area contributed by atoms with Crippen molar-refractivity contribution in [2.45, 2.75) is 17.7 Å². The molecule has 1 aromatic carbocycles. The van der Waals surface area contributed by atoms with Crippen molar-refractivity contribution < 1.29 is 8.42 Å². The molecule has 0 bridgehead atoms. The van der Waals surface area contributed by atoms with Gasteiger partial charge in [-0.05, 0) is 23.6 Å². The van der Waals surface area contributed by atoms with Crippen LogP contribution in [0.3, 0.4) is 0 Å². The van der Waals surface area contributed by atoms with Crippen LogP contribution in [-0.2, 0) is 10.0 Å². The fourth-order valence-electron chi connectivity index (χ4n) is 1.93. The number of nitrogens with zero attached hydrogens (tertiary/aromatic N) is 1. The first kappa shape index (κ1) is 15.4. The van der Waals surface area contributed by atoms with E-state index in [4.69, 9.17) is 5.84 Å². The van der Waals surface area contributed by atoms with Gasteiger partial charge < -0.3 is 5.43 Å². The lowest BCUT2D eigenvalue weighted by atomic mass is 10.0. The summed E-state index contributed by atoms with van der Waals surface area (Å²) in [4.78, 5) is 3.93. The van der Waals surface area contributed by atoms with Crippen molar-refractivity contribution in [3.05, 3.63) is 54.2 Å². The number of hydrogen-bond donors (Lipinski definition) is 3. The van der Waals surface area contributed by atoms with Crippen LogP contribution in [0, 0.1) is 0 Å². The molecule has 1 atom stereocenters. The SMILES string of the molecule is CC(CNS(=O)(=O)c1cccnc1NN)c1ccccc1. The second-order valence-electron chi connectivity index (χ2n) is 4.66. The molecule has 0 amide bonds. The summed E-state index contributed by atoms with van der Waals surface area (Å²) in [5.74, 6) is 5.47. The smallest absolute Gasteiger partial charge is 0.244 e. The Kier molecular flexibility index (Phi) is 4.89. The first-order chi connectivity index (χ1) is 10.0. The Bertz CT molecular complexity index is 689. The number of aromatic nitrogens is 1. The Hall–Kier alpha value is -1.96. The lowest BCUT2D eigenvalue weighted by molar-refractivity contribution is 0.575. The van der Waals surface area contributed by atoms with Crippen LogP contribution in [0.4, 0.5) is 5.82 Å². The third-order valence-corrected chi connectivity index (χ3v) is 4.60. The van der Waals surface area contributed by atoms with Crippen LogP contribution >= 0.6 is 0 Å².